The molecule has 1 rings (SSSR count). The molecule has 1 radical (unpaired) electrons. The summed E-state index contributed by atoms with van der Waals surface area (Å²) in [6.45, 7) is 1.83. The Morgan fingerprint density at radius 2 is 2.15 bits per heavy atom. The zero-order valence-electron chi connectivity index (χ0n) is 7.20. The number of aryl methyl sites for hydroxylation is 1. The first-order valence-electron chi connectivity index (χ1n) is 3.59. The fourth-order valence-electron chi connectivity index (χ4n) is 0.751. The molecule has 4 nitrogen and oxygen atoms in total. The fraction of sp³-hybridized carbons (Fsp3) is 0.429. The minimum atomic E-state index is -3.36. The molecule has 0 amide bonds. The lowest BCUT2D eigenvalue weighted by Crippen LogP contribution is -2.06. The molecular weight excluding hydrogens is 212 g/mol. The molecule has 13 heavy (non-hydrogen) atoms. The molecule has 0 spiro atoms. The molecular formula is C7H8ClN2O2S. The van der Waals surface area contributed by atoms with Crippen LogP contribution in [0.2, 0.25) is 5.02 Å². The lowest BCUT2D eigenvalue weighted by atomic mass is 10.3. The van der Waals surface area contributed by atoms with Gasteiger partial charge in [-0.1, -0.05) is 18.5 Å². The van der Waals surface area contributed by atoms with E-state index in [2.05, 4.69) is 16.2 Å². The Morgan fingerprint density at radius 1 is 1.54 bits per heavy atom. The number of nitrogens with zero attached hydrogens (tertiary/aromatic N) is 2. The molecule has 0 aliphatic carbocycles. The molecule has 71 valence electrons. The Hall–Kier alpha value is -0.680. The summed E-state index contributed by atoms with van der Waals surface area (Å²) < 4.78 is 22.0. The van der Waals surface area contributed by atoms with Crippen LogP contribution in [0.1, 0.15) is 12.6 Å². The van der Waals surface area contributed by atoms with E-state index in [-0.39, 0.29) is 10.2 Å². The first-order chi connectivity index (χ1) is 5.95. The number of aromatic nitrogens is 2. The van der Waals surface area contributed by atoms with E-state index < -0.39 is 9.84 Å². The van der Waals surface area contributed by atoms with Crippen molar-refractivity contribution < 1.29 is 8.42 Å². The standard InChI is InChI=1S/C7H8ClN2O2S/c1-3-6-5(8)4-9-7(10-6)13(2,11)12/h3H2,1-2H3. The first-order valence-corrected chi connectivity index (χ1v) is 5.86. The SMILES string of the molecule is CCc1nc(S(C)(=O)=O)n[c]c1Cl. The number of hydrogen-bond acceptors (Lipinski definition) is 4. The van der Waals surface area contributed by atoms with E-state index in [9.17, 15) is 8.42 Å². The lowest BCUT2D eigenvalue weighted by molar-refractivity contribution is 0.591. The lowest BCUT2D eigenvalue weighted by Gasteiger charge is -2.00. The monoisotopic (exact) mass is 219 g/mol. The molecule has 1 aromatic rings. The predicted octanol–water partition coefficient (Wildman–Crippen LogP) is 0.896. The topological polar surface area (TPSA) is 59.9 Å². The van der Waals surface area contributed by atoms with Crippen LogP contribution in [0.3, 0.4) is 0 Å². The van der Waals surface area contributed by atoms with E-state index in [1.54, 1.807) is 0 Å². The molecule has 6 heteroatoms. The largest absolute Gasteiger partial charge is 0.247 e. The highest BCUT2D eigenvalue weighted by atomic mass is 35.5. The van der Waals surface area contributed by atoms with Crippen molar-refractivity contribution in [2.24, 2.45) is 0 Å². The minimum Gasteiger partial charge on any atom is -0.222 e. The van der Waals surface area contributed by atoms with Crippen LogP contribution in [0.15, 0.2) is 5.16 Å². The van der Waals surface area contributed by atoms with E-state index in [1.807, 2.05) is 6.92 Å². The number of rotatable bonds is 2. The Morgan fingerprint density at radius 3 is 2.62 bits per heavy atom. The van der Waals surface area contributed by atoms with Crippen molar-refractivity contribution in [3.05, 3.63) is 16.9 Å². The van der Waals surface area contributed by atoms with E-state index in [1.165, 1.54) is 0 Å². The van der Waals surface area contributed by atoms with Gasteiger partial charge in [0.2, 0.25) is 15.0 Å². The van der Waals surface area contributed by atoms with Gasteiger partial charge in [0.05, 0.1) is 10.7 Å². The zero-order chi connectivity index (χ0) is 10.1. The van der Waals surface area contributed by atoms with Crippen LogP contribution in [0.25, 0.3) is 0 Å². The van der Waals surface area contributed by atoms with Crippen LogP contribution in [0.5, 0.6) is 0 Å². The Balaban J connectivity index is 3.30. The molecule has 0 aromatic carbocycles. The van der Waals surface area contributed by atoms with Gasteiger partial charge in [0, 0.05) is 6.26 Å². The van der Waals surface area contributed by atoms with Gasteiger partial charge in [0.25, 0.3) is 0 Å². The van der Waals surface area contributed by atoms with E-state index in [4.69, 9.17) is 11.6 Å². The number of hydrogen-bond donors (Lipinski definition) is 0. The summed E-state index contributed by atoms with van der Waals surface area (Å²) in [7, 11) is -3.36. The summed E-state index contributed by atoms with van der Waals surface area (Å²) in [6, 6.07) is 0. The molecule has 1 aromatic heterocycles. The van der Waals surface area contributed by atoms with Crippen LogP contribution in [-0.4, -0.2) is 24.6 Å². The molecule has 0 saturated heterocycles. The van der Waals surface area contributed by atoms with Crippen LogP contribution in [0, 0.1) is 6.20 Å². The van der Waals surface area contributed by atoms with Crippen molar-refractivity contribution in [2.75, 3.05) is 6.26 Å². The molecule has 0 saturated carbocycles. The average molecular weight is 220 g/mol. The van der Waals surface area contributed by atoms with Gasteiger partial charge in [0.1, 0.15) is 6.20 Å². The summed E-state index contributed by atoms with van der Waals surface area (Å²) in [5, 5.41) is 0.0450. The van der Waals surface area contributed by atoms with Crippen LogP contribution in [0.4, 0.5) is 0 Å². The summed E-state index contributed by atoms with van der Waals surface area (Å²) in [6.07, 6.45) is 4.00. The number of halogens is 1. The van der Waals surface area contributed by atoms with Gasteiger partial charge in [-0.25, -0.2) is 18.4 Å². The normalized spacial score (nSPS) is 11.6. The molecule has 0 bridgehead atoms. The zero-order valence-corrected chi connectivity index (χ0v) is 8.78. The van der Waals surface area contributed by atoms with E-state index in [0.717, 1.165) is 6.26 Å². The van der Waals surface area contributed by atoms with Gasteiger partial charge in [-0.05, 0) is 6.42 Å². The fourth-order valence-corrected chi connectivity index (χ4v) is 1.46. The molecule has 0 aliphatic heterocycles. The van der Waals surface area contributed by atoms with E-state index in [0.29, 0.717) is 12.1 Å². The summed E-state index contributed by atoms with van der Waals surface area (Å²) in [5.41, 5.74) is 0.497. The van der Waals surface area contributed by atoms with Crippen molar-refractivity contribution in [3.63, 3.8) is 0 Å². The second-order valence-electron chi connectivity index (χ2n) is 2.50. The molecule has 0 fully saturated rings. The maximum atomic E-state index is 11.0. The van der Waals surface area contributed by atoms with Crippen molar-refractivity contribution in [1.29, 1.82) is 0 Å². The van der Waals surface area contributed by atoms with Gasteiger partial charge in [0.15, 0.2) is 0 Å². The maximum Gasteiger partial charge on any atom is 0.247 e. The maximum absolute atomic E-state index is 11.0. The molecule has 1 heterocycles. The van der Waals surface area contributed by atoms with Crippen LogP contribution >= 0.6 is 11.6 Å². The van der Waals surface area contributed by atoms with Gasteiger partial charge in [-0.2, -0.15) is 0 Å². The van der Waals surface area contributed by atoms with Gasteiger partial charge in [-0.3, -0.25) is 0 Å². The molecule has 0 aliphatic rings. The van der Waals surface area contributed by atoms with Gasteiger partial charge < -0.3 is 0 Å². The van der Waals surface area contributed by atoms with Crippen molar-refractivity contribution in [2.45, 2.75) is 18.5 Å². The molecule has 0 atom stereocenters. The Kier molecular flexibility index (Phi) is 2.87. The summed E-state index contributed by atoms with van der Waals surface area (Å²) in [5.74, 6) is 0. The highest BCUT2D eigenvalue weighted by molar-refractivity contribution is 7.90. The van der Waals surface area contributed by atoms with E-state index >= 15 is 0 Å². The third kappa shape index (κ3) is 2.38. The highest BCUT2D eigenvalue weighted by Gasteiger charge is 2.13. The van der Waals surface area contributed by atoms with Crippen molar-refractivity contribution in [3.8, 4) is 0 Å². The third-order valence-electron chi connectivity index (χ3n) is 1.40. The second-order valence-corrected chi connectivity index (χ2v) is 4.79. The molecule has 0 N–H and O–H groups in total. The Labute approximate surface area is 81.9 Å². The molecule has 0 unspecified atom stereocenters. The quantitative estimate of drug-likeness (QED) is 0.694. The average Bonchev–Trinajstić information content (AvgIpc) is 2.03. The van der Waals surface area contributed by atoms with Crippen molar-refractivity contribution >= 4 is 21.4 Å². The van der Waals surface area contributed by atoms with Gasteiger partial charge >= 0.3 is 0 Å². The Bertz CT molecular complexity index is 417. The predicted molar refractivity (Wildman–Crippen MR) is 48.4 cm³/mol. The third-order valence-corrected chi connectivity index (χ3v) is 2.55. The van der Waals surface area contributed by atoms with Crippen LogP contribution in [-0.2, 0) is 16.3 Å². The minimum absolute atomic E-state index is 0.228. The highest BCUT2D eigenvalue weighted by Crippen LogP contribution is 2.13. The van der Waals surface area contributed by atoms with Crippen LogP contribution < -0.4 is 0 Å². The number of sulfone groups is 1. The van der Waals surface area contributed by atoms with Crippen molar-refractivity contribution in [1.82, 2.24) is 9.97 Å². The van der Waals surface area contributed by atoms with Gasteiger partial charge in [-0.15, -0.1) is 0 Å². The summed E-state index contributed by atoms with van der Waals surface area (Å²) >= 11 is 5.67. The second kappa shape index (κ2) is 3.59. The first kappa shape index (κ1) is 10.4. The smallest absolute Gasteiger partial charge is 0.222 e. The summed E-state index contributed by atoms with van der Waals surface area (Å²) in [4.78, 5) is 7.30.